The summed E-state index contributed by atoms with van der Waals surface area (Å²) in [6.45, 7) is 3.95. The Labute approximate surface area is 208 Å². The van der Waals surface area contributed by atoms with Gasteiger partial charge in [-0.15, -0.1) is 0 Å². The van der Waals surface area contributed by atoms with Crippen molar-refractivity contribution in [2.24, 2.45) is 23.2 Å². The summed E-state index contributed by atoms with van der Waals surface area (Å²) < 4.78 is 0. The lowest BCUT2D eigenvalue weighted by atomic mass is 9.49. The highest BCUT2D eigenvalue weighted by Crippen LogP contribution is 2.60. The fourth-order valence-corrected chi connectivity index (χ4v) is 7.78. The maximum Gasteiger partial charge on any atom is 0.253 e. The van der Waals surface area contributed by atoms with Crippen molar-refractivity contribution in [2.75, 3.05) is 23.3 Å². The molecule has 2 aromatic carbocycles. The summed E-state index contributed by atoms with van der Waals surface area (Å²) >= 11 is 0. The van der Waals surface area contributed by atoms with Gasteiger partial charge in [0, 0.05) is 24.5 Å². The third kappa shape index (κ3) is 4.34. The monoisotopic (exact) mass is 471 g/mol. The molecule has 1 atom stereocenters. The molecule has 0 aromatic heterocycles. The van der Waals surface area contributed by atoms with E-state index in [1.54, 1.807) is 0 Å². The Morgan fingerprint density at radius 2 is 1.54 bits per heavy atom. The van der Waals surface area contributed by atoms with E-state index in [2.05, 4.69) is 15.5 Å². The Morgan fingerprint density at radius 1 is 0.914 bits per heavy atom. The highest BCUT2D eigenvalue weighted by molar-refractivity contribution is 6.03. The summed E-state index contributed by atoms with van der Waals surface area (Å²) in [6, 6.07) is 15.9. The normalized spacial score (nSPS) is 29.7. The molecule has 5 nitrogen and oxygen atoms in total. The Kier molecular flexibility index (Phi) is 5.82. The topological polar surface area (TPSA) is 61.4 Å². The van der Waals surface area contributed by atoms with E-state index < -0.39 is 0 Å². The first-order valence-corrected chi connectivity index (χ1v) is 13.6. The fourth-order valence-electron chi connectivity index (χ4n) is 7.78. The molecule has 2 aromatic rings. The second kappa shape index (κ2) is 9.00. The van der Waals surface area contributed by atoms with Gasteiger partial charge in [-0.25, -0.2) is 0 Å². The molecule has 2 N–H and O–H groups in total. The molecule has 184 valence electrons. The third-order valence-electron chi connectivity index (χ3n) is 9.11. The largest absolute Gasteiger partial charge is 0.371 e. The molecule has 5 aliphatic rings. The molecule has 4 saturated carbocycles. The Morgan fingerprint density at radius 3 is 2.17 bits per heavy atom. The van der Waals surface area contributed by atoms with Gasteiger partial charge in [0.2, 0.25) is 5.91 Å². The SMILES string of the molecule is CC(NC(=O)c1cc(NC(=O)C23CC4CC(CC(C4)C2)C3)ccc1N1CCCC1)c1ccccc1. The van der Waals surface area contributed by atoms with Crippen LogP contribution in [0.15, 0.2) is 48.5 Å². The zero-order chi connectivity index (χ0) is 24.0. The van der Waals surface area contributed by atoms with Gasteiger partial charge in [0.25, 0.3) is 5.91 Å². The van der Waals surface area contributed by atoms with Gasteiger partial charge in [0.1, 0.15) is 0 Å². The number of nitrogens with one attached hydrogen (secondary N) is 2. The number of hydrogen-bond donors (Lipinski definition) is 2. The summed E-state index contributed by atoms with van der Waals surface area (Å²) in [5.41, 5.74) is 3.24. The number of carbonyl (C=O) groups excluding carboxylic acids is 2. The molecule has 2 amide bonds. The van der Waals surface area contributed by atoms with Crippen LogP contribution in [0.4, 0.5) is 11.4 Å². The molecule has 1 unspecified atom stereocenters. The molecular formula is C30H37N3O2. The van der Waals surface area contributed by atoms with E-state index in [0.29, 0.717) is 5.56 Å². The summed E-state index contributed by atoms with van der Waals surface area (Å²) in [4.78, 5) is 29.4. The van der Waals surface area contributed by atoms with Gasteiger partial charge in [-0.05, 0) is 99.8 Å². The van der Waals surface area contributed by atoms with Crippen molar-refractivity contribution in [1.29, 1.82) is 0 Å². The van der Waals surface area contributed by atoms with Crippen molar-refractivity contribution in [3.63, 3.8) is 0 Å². The van der Waals surface area contributed by atoms with Gasteiger partial charge in [-0.2, -0.15) is 0 Å². The molecule has 7 rings (SSSR count). The van der Waals surface area contributed by atoms with Crippen molar-refractivity contribution in [1.82, 2.24) is 5.32 Å². The smallest absolute Gasteiger partial charge is 0.253 e. The van der Waals surface area contributed by atoms with Crippen LogP contribution in [0.2, 0.25) is 0 Å². The molecule has 35 heavy (non-hydrogen) atoms. The molecule has 0 spiro atoms. The third-order valence-corrected chi connectivity index (χ3v) is 9.11. The standard InChI is InChI=1S/C30H37N3O2/c1-20(24-7-3-2-4-8-24)31-28(34)26-16-25(9-10-27(26)33-11-5-6-12-33)32-29(35)30-17-21-13-22(18-30)15-23(14-21)19-30/h2-4,7-10,16,20-23H,5-6,11-15,17-19H2,1H3,(H,31,34)(H,32,35). The van der Waals surface area contributed by atoms with E-state index in [-0.39, 0.29) is 23.3 Å². The van der Waals surface area contributed by atoms with E-state index in [1.807, 2.05) is 55.5 Å². The summed E-state index contributed by atoms with van der Waals surface area (Å²) in [5.74, 6) is 2.27. The number of hydrogen-bond acceptors (Lipinski definition) is 3. The van der Waals surface area contributed by atoms with Crippen LogP contribution >= 0.6 is 0 Å². The van der Waals surface area contributed by atoms with Crippen LogP contribution in [-0.4, -0.2) is 24.9 Å². The predicted octanol–water partition coefficient (Wildman–Crippen LogP) is 5.93. The molecule has 4 bridgehead atoms. The van der Waals surface area contributed by atoms with Crippen LogP contribution in [0.25, 0.3) is 0 Å². The van der Waals surface area contributed by atoms with Gasteiger partial charge in [0.05, 0.1) is 17.0 Å². The molecule has 1 saturated heterocycles. The van der Waals surface area contributed by atoms with E-state index >= 15 is 0 Å². The maximum absolute atomic E-state index is 13.6. The number of rotatable bonds is 6. The molecule has 5 fully saturated rings. The molecule has 1 heterocycles. The van der Waals surface area contributed by atoms with Crippen LogP contribution in [-0.2, 0) is 4.79 Å². The highest BCUT2D eigenvalue weighted by Gasteiger charge is 2.54. The van der Waals surface area contributed by atoms with Crippen molar-refractivity contribution in [3.05, 3.63) is 59.7 Å². The van der Waals surface area contributed by atoms with Crippen LogP contribution < -0.4 is 15.5 Å². The zero-order valence-corrected chi connectivity index (χ0v) is 20.8. The number of carbonyl (C=O) groups is 2. The van der Waals surface area contributed by atoms with Crippen LogP contribution in [0.3, 0.4) is 0 Å². The van der Waals surface area contributed by atoms with Crippen LogP contribution in [0.1, 0.15) is 80.3 Å². The maximum atomic E-state index is 13.6. The van der Waals surface area contributed by atoms with Crippen molar-refractivity contribution < 1.29 is 9.59 Å². The zero-order valence-electron chi connectivity index (χ0n) is 20.8. The minimum absolute atomic E-state index is 0.0887. The fraction of sp³-hybridized carbons (Fsp3) is 0.533. The molecule has 4 aliphatic carbocycles. The second-order valence-corrected chi connectivity index (χ2v) is 11.7. The van der Waals surface area contributed by atoms with Gasteiger partial charge in [0.15, 0.2) is 0 Å². The lowest BCUT2D eigenvalue weighted by Crippen LogP contribution is -2.51. The van der Waals surface area contributed by atoms with Gasteiger partial charge >= 0.3 is 0 Å². The van der Waals surface area contributed by atoms with E-state index in [4.69, 9.17) is 0 Å². The number of nitrogens with zero attached hydrogens (tertiary/aromatic N) is 1. The Balaban J connectivity index is 1.24. The van der Waals surface area contributed by atoms with Crippen LogP contribution in [0, 0.1) is 23.2 Å². The van der Waals surface area contributed by atoms with Crippen LogP contribution in [0.5, 0.6) is 0 Å². The molecule has 0 radical (unpaired) electrons. The van der Waals surface area contributed by atoms with Crippen molar-refractivity contribution >= 4 is 23.2 Å². The van der Waals surface area contributed by atoms with E-state index in [9.17, 15) is 9.59 Å². The number of benzene rings is 2. The molecule has 1 aliphatic heterocycles. The quantitative estimate of drug-likeness (QED) is 0.549. The minimum Gasteiger partial charge on any atom is -0.371 e. The lowest BCUT2D eigenvalue weighted by Gasteiger charge is -2.55. The Hall–Kier alpha value is -2.82. The molecular weight excluding hydrogens is 434 g/mol. The lowest BCUT2D eigenvalue weighted by molar-refractivity contribution is -0.140. The Bertz CT molecular complexity index is 1070. The number of amides is 2. The first-order chi connectivity index (χ1) is 17.0. The number of anilines is 2. The molecule has 5 heteroatoms. The van der Waals surface area contributed by atoms with Gasteiger partial charge in [-0.3, -0.25) is 9.59 Å². The van der Waals surface area contributed by atoms with Crippen molar-refractivity contribution in [2.45, 2.75) is 64.3 Å². The first-order valence-electron chi connectivity index (χ1n) is 13.6. The average molecular weight is 472 g/mol. The van der Waals surface area contributed by atoms with Gasteiger partial charge in [-0.1, -0.05) is 30.3 Å². The summed E-state index contributed by atoms with van der Waals surface area (Å²) in [5, 5.41) is 6.45. The minimum atomic E-state index is -0.202. The van der Waals surface area contributed by atoms with Gasteiger partial charge < -0.3 is 15.5 Å². The second-order valence-electron chi connectivity index (χ2n) is 11.7. The predicted molar refractivity (Wildman–Crippen MR) is 139 cm³/mol. The highest BCUT2D eigenvalue weighted by atomic mass is 16.2. The average Bonchev–Trinajstić information content (AvgIpc) is 3.38. The van der Waals surface area contributed by atoms with E-state index in [1.165, 1.54) is 19.3 Å². The summed E-state index contributed by atoms with van der Waals surface area (Å²) in [7, 11) is 0. The first kappa shape index (κ1) is 22.6. The van der Waals surface area contributed by atoms with Crippen molar-refractivity contribution in [3.8, 4) is 0 Å². The summed E-state index contributed by atoms with van der Waals surface area (Å²) in [6.07, 6.45) is 9.37. The van der Waals surface area contributed by atoms with E-state index in [0.717, 1.165) is 79.9 Å².